The van der Waals surface area contributed by atoms with E-state index in [1.54, 1.807) is 24.1 Å². The first-order valence-electron chi connectivity index (χ1n) is 9.49. The van der Waals surface area contributed by atoms with E-state index in [4.69, 9.17) is 4.74 Å². The van der Waals surface area contributed by atoms with Gasteiger partial charge in [0, 0.05) is 25.7 Å². The molecule has 1 saturated carbocycles. The standard InChI is InChI=1S/C21H26N2O4S/c1-23(13-6-14-27-19-8-3-2-4-9-19)21(24)18-7-5-10-20(15-18)28(25,26)22-16-17-11-12-17/h2-5,7-10,15,17,22H,6,11-14,16H2,1H3. The number of amides is 1. The van der Waals surface area contributed by atoms with Gasteiger partial charge in [-0.3, -0.25) is 4.79 Å². The van der Waals surface area contributed by atoms with E-state index >= 15 is 0 Å². The molecular formula is C21H26N2O4S. The van der Waals surface area contributed by atoms with Gasteiger partial charge < -0.3 is 9.64 Å². The van der Waals surface area contributed by atoms with Crippen molar-refractivity contribution in [3.63, 3.8) is 0 Å². The minimum Gasteiger partial charge on any atom is -0.494 e. The zero-order valence-corrected chi connectivity index (χ0v) is 16.8. The molecule has 0 bridgehead atoms. The summed E-state index contributed by atoms with van der Waals surface area (Å²) < 4.78 is 33.1. The lowest BCUT2D eigenvalue weighted by Crippen LogP contribution is -2.29. The smallest absolute Gasteiger partial charge is 0.253 e. The highest BCUT2D eigenvalue weighted by atomic mass is 32.2. The number of carbonyl (C=O) groups is 1. The minimum atomic E-state index is -3.59. The summed E-state index contributed by atoms with van der Waals surface area (Å²) in [7, 11) is -1.88. The second-order valence-electron chi connectivity index (χ2n) is 7.06. The highest BCUT2D eigenvalue weighted by Crippen LogP contribution is 2.28. The highest BCUT2D eigenvalue weighted by Gasteiger charge is 2.24. The van der Waals surface area contributed by atoms with Gasteiger partial charge in [-0.2, -0.15) is 0 Å². The van der Waals surface area contributed by atoms with Crippen molar-refractivity contribution in [1.82, 2.24) is 9.62 Å². The maximum atomic E-state index is 12.6. The zero-order valence-electron chi connectivity index (χ0n) is 16.0. The van der Waals surface area contributed by atoms with E-state index in [1.807, 2.05) is 30.3 Å². The van der Waals surface area contributed by atoms with Gasteiger partial charge in [-0.1, -0.05) is 24.3 Å². The van der Waals surface area contributed by atoms with Gasteiger partial charge in [-0.05, 0) is 55.5 Å². The molecule has 6 nitrogen and oxygen atoms in total. The van der Waals surface area contributed by atoms with Gasteiger partial charge >= 0.3 is 0 Å². The number of nitrogens with one attached hydrogen (secondary N) is 1. The predicted octanol–water partition coefficient (Wildman–Crippen LogP) is 2.92. The average molecular weight is 403 g/mol. The molecule has 0 unspecified atom stereocenters. The van der Waals surface area contributed by atoms with Crippen molar-refractivity contribution in [1.29, 1.82) is 0 Å². The quantitative estimate of drug-likeness (QED) is 0.620. The summed E-state index contributed by atoms with van der Waals surface area (Å²) in [5.74, 6) is 1.04. The highest BCUT2D eigenvalue weighted by molar-refractivity contribution is 7.89. The number of hydrogen-bond donors (Lipinski definition) is 1. The van der Waals surface area contributed by atoms with Crippen LogP contribution in [0.3, 0.4) is 0 Å². The zero-order chi connectivity index (χ0) is 20.0. The van der Waals surface area contributed by atoms with Gasteiger partial charge in [0.05, 0.1) is 11.5 Å². The summed E-state index contributed by atoms with van der Waals surface area (Å²) in [5, 5.41) is 0. The van der Waals surface area contributed by atoms with Gasteiger partial charge in [0.2, 0.25) is 10.0 Å². The largest absolute Gasteiger partial charge is 0.494 e. The van der Waals surface area contributed by atoms with Crippen LogP contribution in [0.25, 0.3) is 0 Å². The van der Waals surface area contributed by atoms with Crippen molar-refractivity contribution < 1.29 is 17.9 Å². The van der Waals surface area contributed by atoms with Crippen molar-refractivity contribution >= 4 is 15.9 Å². The molecule has 150 valence electrons. The fourth-order valence-corrected chi connectivity index (χ4v) is 3.92. The Bertz CT molecular complexity index is 896. The van der Waals surface area contributed by atoms with Crippen molar-refractivity contribution in [2.24, 2.45) is 5.92 Å². The summed E-state index contributed by atoms with van der Waals surface area (Å²) in [6, 6.07) is 15.7. The lowest BCUT2D eigenvalue weighted by atomic mass is 10.2. The number of nitrogens with zero attached hydrogens (tertiary/aromatic N) is 1. The van der Waals surface area contributed by atoms with Crippen LogP contribution in [0.4, 0.5) is 0 Å². The number of benzene rings is 2. The minimum absolute atomic E-state index is 0.125. The molecule has 3 rings (SSSR count). The van der Waals surface area contributed by atoms with Crippen LogP contribution >= 0.6 is 0 Å². The number of rotatable bonds is 10. The summed E-state index contributed by atoms with van der Waals surface area (Å²) >= 11 is 0. The summed E-state index contributed by atoms with van der Waals surface area (Å²) in [4.78, 5) is 14.3. The monoisotopic (exact) mass is 402 g/mol. The molecular weight excluding hydrogens is 376 g/mol. The average Bonchev–Trinajstić information content (AvgIpc) is 3.54. The summed E-state index contributed by atoms with van der Waals surface area (Å²) in [6.45, 7) is 1.48. The Kier molecular flexibility index (Phi) is 6.70. The van der Waals surface area contributed by atoms with E-state index in [0.717, 1.165) is 18.6 Å². The first kappa shape index (κ1) is 20.4. The normalized spacial score (nSPS) is 13.9. The molecule has 2 aromatic carbocycles. The maximum Gasteiger partial charge on any atom is 0.253 e. The van der Waals surface area contributed by atoms with Gasteiger partial charge in [-0.15, -0.1) is 0 Å². The van der Waals surface area contributed by atoms with Crippen molar-refractivity contribution in [2.45, 2.75) is 24.2 Å². The Hall–Kier alpha value is -2.38. The summed E-state index contributed by atoms with van der Waals surface area (Å²) in [5.41, 5.74) is 0.362. The molecule has 1 N–H and O–H groups in total. The third kappa shape index (κ3) is 5.81. The van der Waals surface area contributed by atoms with Crippen LogP contribution in [-0.4, -0.2) is 46.0 Å². The number of carbonyl (C=O) groups excluding carboxylic acids is 1. The van der Waals surface area contributed by atoms with Crippen molar-refractivity contribution in [2.75, 3.05) is 26.7 Å². The van der Waals surface area contributed by atoms with E-state index in [-0.39, 0.29) is 10.8 Å². The molecule has 0 atom stereocenters. The first-order valence-corrected chi connectivity index (χ1v) is 11.0. The van der Waals surface area contributed by atoms with Crippen LogP contribution in [0, 0.1) is 5.92 Å². The SMILES string of the molecule is CN(CCCOc1ccccc1)C(=O)c1cccc(S(=O)(=O)NCC2CC2)c1. The molecule has 28 heavy (non-hydrogen) atoms. The van der Waals surface area contributed by atoms with Crippen LogP contribution in [-0.2, 0) is 10.0 Å². The molecule has 1 aliphatic rings. The number of hydrogen-bond acceptors (Lipinski definition) is 4. The third-order valence-corrected chi connectivity index (χ3v) is 6.07. The van der Waals surface area contributed by atoms with Gasteiger partial charge in [-0.25, -0.2) is 13.1 Å². The van der Waals surface area contributed by atoms with Gasteiger partial charge in [0.15, 0.2) is 0 Å². The Morgan fingerprint density at radius 3 is 2.61 bits per heavy atom. The van der Waals surface area contributed by atoms with Crippen LogP contribution < -0.4 is 9.46 Å². The number of para-hydroxylation sites is 1. The predicted molar refractivity (Wildman–Crippen MR) is 108 cm³/mol. The Morgan fingerprint density at radius 2 is 1.89 bits per heavy atom. The van der Waals surface area contributed by atoms with Crippen molar-refractivity contribution in [3.8, 4) is 5.75 Å². The van der Waals surface area contributed by atoms with Crippen LogP contribution in [0.2, 0.25) is 0 Å². The first-order chi connectivity index (χ1) is 13.5. The van der Waals surface area contributed by atoms with E-state index in [1.165, 1.54) is 12.1 Å². The van der Waals surface area contributed by atoms with E-state index < -0.39 is 10.0 Å². The second-order valence-corrected chi connectivity index (χ2v) is 8.83. The maximum absolute atomic E-state index is 12.6. The van der Waals surface area contributed by atoms with E-state index in [0.29, 0.717) is 37.6 Å². The van der Waals surface area contributed by atoms with E-state index in [9.17, 15) is 13.2 Å². The fourth-order valence-electron chi connectivity index (χ4n) is 2.76. The lowest BCUT2D eigenvalue weighted by Gasteiger charge is -2.18. The lowest BCUT2D eigenvalue weighted by molar-refractivity contribution is 0.0787. The molecule has 0 saturated heterocycles. The van der Waals surface area contributed by atoms with Crippen LogP contribution in [0.5, 0.6) is 5.75 Å². The Morgan fingerprint density at radius 1 is 1.14 bits per heavy atom. The molecule has 0 radical (unpaired) electrons. The molecule has 1 aliphatic carbocycles. The molecule has 0 spiro atoms. The Labute approximate surface area is 166 Å². The van der Waals surface area contributed by atoms with Crippen LogP contribution in [0.15, 0.2) is 59.5 Å². The molecule has 2 aromatic rings. The molecule has 1 fully saturated rings. The summed E-state index contributed by atoms with van der Waals surface area (Å²) in [6.07, 6.45) is 2.82. The van der Waals surface area contributed by atoms with Crippen molar-refractivity contribution in [3.05, 3.63) is 60.2 Å². The molecule has 0 aromatic heterocycles. The van der Waals surface area contributed by atoms with E-state index in [2.05, 4.69) is 4.72 Å². The number of ether oxygens (including phenoxy) is 1. The number of sulfonamides is 1. The second kappa shape index (κ2) is 9.21. The molecule has 1 amide bonds. The van der Waals surface area contributed by atoms with Crippen LogP contribution in [0.1, 0.15) is 29.6 Å². The van der Waals surface area contributed by atoms with Gasteiger partial charge in [0.1, 0.15) is 5.75 Å². The Balaban J connectivity index is 1.52. The topological polar surface area (TPSA) is 75.7 Å². The molecule has 0 aliphatic heterocycles. The van der Waals surface area contributed by atoms with Gasteiger partial charge in [0.25, 0.3) is 5.91 Å². The molecule has 7 heteroatoms. The third-order valence-electron chi connectivity index (χ3n) is 4.65. The fraction of sp³-hybridized carbons (Fsp3) is 0.381. The molecule has 0 heterocycles.